The van der Waals surface area contributed by atoms with Crippen LogP contribution < -0.4 is 32.6 Å². The fourth-order valence-corrected chi connectivity index (χ4v) is 7.47. The van der Waals surface area contributed by atoms with Gasteiger partial charge in [0.15, 0.2) is 11.2 Å². The third-order valence-corrected chi connectivity index (χ3v) is 11.1. The number of nitrogens with zero attached hydrogens (tertiary/aromatic N) is 6. The first-order chi connectivity index (χ1) is 34.1. The van der Waals surface area contributed by atoms with E-state index in [-0.39, 0.29) is 73.6 Å². The van der Waals surface area contributed by atoms with Crippen molar-refractivity contribution in [3.8, 4) is 0 Å². The number of ether oxygens (including phenoxy) is 2. The molecular formula is C50H56N12O8. The summed E-state index contributed by atoms with van der Waals surface area (Å²) >= 11 is 0. The predicted molar refractivity (Wildman–Crippen MR) is 263 cm³/mol. The SMILES string of the molecule is Nc1nc2ncc(CNc3ccc(C(=O)N[C@@H](CCC(=O)NCCOCCOCCNC(=O)CCCCN(Cc4ccc5ccccc5n4)Cc4ccc5ccccc5n4)C(=O)O)cc3)nc2c(=O)[nH]1. The maximum atomic E-state index is 12.9. The van der Waals surface area contributed by atoms with E-state index in [2.05, 4.69) is 82.5 Å². The number of para-hydroxylation sites is 2. The largest absolute Gasteiger partial charge is 0.480 e. The highest BCUT2D eigenvalue weighted by Crippen LogP contribution is 2.18. The van der Waals surface area contributed by atoms with Gasteiger partial charge >= 0.3 is 5.97 Å². The molecule has 7 rings (SSSR count). The molecule has 3 amide bonds. The Morgan fingerprint density at radius 2 is 1.31 bits per heavy atom. The molecule has 20 heteroatoms. The number of aromatic nitrogens is 6. The van der Waals surface area contributed by atoms with E-state index >= 15 is 0 Å². The number of aliphatic carboxylic acids is 1. The van der Waals surface area contributed by atoms with E-state index in [9.17, 15) is 29.1 Å². The van der Waals surface area contributed by atoms with E-state index in [0.29, 0.717) is 50.7 Å². The molecule has 20 nitrogen and oxygen atoms in total. The lowest BCUT2D eigenvalue weighted by molar-refractivity contribution is -0.139. The second kappa shape index (κ2) is 25.4. The molecule has 7 aromatic rings. The number of aromatic amines is 1. The van der Waals surface area contributed by atoms with Gasteiger partial charge in [-0.1, -0.05) is 48.5 Å². The summed E-state index contributed by atoms with van der Waals surface area (Å²) in [6.45, 7) is 4.01. The number of anilines is 2. The van der Waals surface area contributed by atoms with Crippen LogP contribution in [-0.2, 0) is 43.5 Å². The number of carboxylic acids is 1. The number of carbonyl (C=O) groups is 4. The van der Waals surface area contributed by atoms with Crippen LogP contribution in [0.4, 0.5) is 11.6 Å². The average molecular weight is 953 g/mol. The topological polar surface area (TPSA) is 282 Å². The molecule has 0 fully saturated rings. The number of benzene rings is 3. The quantitative estimate of drug-likeness (QED) is 0.0357. The third-order valence-electron chi connectivity index (χ3n) is 11.1. The van der Waals surface area contributed by atoms with Gasteiger partial charge in [-0.2, -0.15) is 4.98 Å². The average Bonchev–Trinajstić information content (AvgIpc) is 3.36. The maximum absolute atomic E-state index is 12.9. The number of carboxylic acid groups (broad SMARTS) is 1. The van der Waals surface area contributed by atoms with Crippen molar-refractivity contribution in [1.82, 2.24) is 50.8 Å². The molecule has 0 bridgehead atoms. The number of H-pyrrole nitrogens is 1. The van der Waals surface area contributed by atoms with E-state index < -0.39 is 23.5 Å². The molecule has 1 atom stereocenters. The van der Waals surface area contributed by atoms with Gasteiger partial charge < -0.3 is 41.6 Å². The van der Waals surface area contributed by atoms with Gasteiger partial charge in [0.2, 0.25) is 17.8 Å². The van der Waals surface area contributed by atoms with Crippen LogP contribution in [0.3, 0.4) is 0 Å². The number of nitrogens with two attached hydrogens (primary N) is 1. The van der Waals surface area contributed by atoms with Crippen LogP contribution in [-0.4, -0.2) is 116 Å². The summed E-state index contributed by atoms with van der Waals surface area (Å²) in [5.41, 5.74) is 10.4. The van der Waals surface area contributed by atoms with Crippen LogP contribution in [0.25, 0.3) is 33.0 Å². The van der Waals surface area contributed by atoms with E-state index in [1.54, 1.807) is 12.1 Å². The molecule has 0 saturated heterocycles. The van der Waals surface area contributed by atoms with Crippen LogP contribution >= 0.6 is 0 Å². The number of hydrogen-bond acceptors (Lipinski definition) is 15. The molecule has 70 heavy (non-hydrogen) atoms. The zero-order valence-electron chi connectivity index (χ0n) is 38.6. The molecule has 4 heterocycles. The Labute approximate surface area is 402 Å². The zero-order valence-corrected chi connectivity index (χ0v) is 38.6. The summed E-state index contributed by atoms with van der Waals surface area (Å²) in [5.74, 6) is -2.37. The normalized spacial score (nSPS) is 11.7. The Morgan fingerprint density at radius 3 is 1.94 bits per heavy atom. The predicted octanol–water partition coefficient (Wildman–Crippen LogP) is 4.11. The van der Waals surface area contributed by atoms with E-state index in [1.807, 2.05) is 36.4 Å². The van der Waals surface area contributed by atoms with Gasteiger partial charge in [-0.05, 0) is 74.3 Å². The second-order valence-electron chi connectivity index (χ2n) is 16.4. The number of hydrogen-bond donors (Lipinski definition) is 7. The van der Waals surface area contributed by atoms with Gasteiger partial charge in [0.05, 0.1) is 67.3 Å². The number of unbranched alkanes of at least 4 members (excludes halogenated alkanes) is 1. The minimum atomic E-state index is -1.29. The van der Waals surface area contributed by atoms with Crippen molar-refractivity contribution >= 4 is 68.3 Å². The van der Waals surface area contributed by atoms with Gasteiger partial charge in [-0.3, -0.25) is 39.0 Å². The number of rotatable bonds is 27. The van der Waals surface area contributed by atoms with Crippen molar-refractivity contribution in [3.63, 3.8) is 0 Å². The lowest BCUT2D eigenvalue weighted by Gasteiger charge is -2.22. The van der Waals surface area contributed by atoms with Gasteiger partial charge in [-0.15, -0.1) is 0 Å². The third kappa shape index (κ3) is 15.3. The number of amides is 3. The summed E-state index contributed by atoms with van der Waals surface area (Å²) in [7, 11) is 0. The Hall–Kier alpha value is -7.94. The standard InChI is InChI=1S/C50H56N12O8/c51-50-60-46-45(48(66)61-50)58-39(30-55-46)29-54-36-16-14-35(15-17-36)47(65)59-42(49(67)68)20-21-44(64)53-23-26-70-28-27-69-25-22-52-43(63)11-5-6-24-62(31-37-18-12-33-7-1-3-9-40(33)56-37)32-38-19-13-34-8-2-4-10-41(34)57-38/h1-4,7-10,12-19,30,42,54H,5-6,11,20-29,31-32H2,(H,52,63)(H,53,64)(H,59,65)(H,67,68)(H3,51,55,60,61,66)/t42-/m0/s1. The Balaban J connectivity index is 0.713. The summed E-state index contributed by atoms with van der Waals surface area (Å²) in [6, 6.07) is 29.5. The molecule has 0 aliphatic heterocycles. The van der Waals surface area contributed by atoms with Crippen molar-refractivity contribution in [2.24, 2.45) is 0 Å². The van der Waals surface area contributed by atoms with Crippen LogP contribution in [0.1, 0.15) is 59.5 Å². The summed E-state index contributed by atoms with van der Waals surface area (Å²) in [5, 5.41) is 23.1. The molecule has 0 unspecified atom stereocenters. The van der Waals surface area contributed by atoms with Crippen molar-refractivity contribution in [2.75, 3.05) is 57.1 Å². The number of nitrogen functional groups attached to an aromatic ring is 1. The number of nitrogens with one attached hydrogen (secondary N) is 5. The monoisotopic (exact) mass is 952 g/mol. The molecule has 0 radical (unpaired) electrons. The van der Waals surface area contributed by atoms with Gasteiger partial charge in [0.25, 0.3) is 11.5 Å². The highest BCUT2D eigenvalue weighted by molar-refractivity contribution is 5.97. The molecular weight excluding hydrogens is 897 g/mol. The fourth-order valence-electron chi connectivity index (χ4n) is 7.47. The van der Waals surface area contributed by atoms with E-state index in [4.69, 9.17) is 25.2 Å². The lowest BCUT2D eigenvalue weighted by Crippen LogP contribution is -2.41. The number of fused-ring (bicyclic) bond motifs is 3. The Morgan fingerprint density at radius 1 is 0.700 bits per heavy atom. The second-order valence-corrected chi connectivity index (χ2v) is 16.4. The molecule has 0 saturated carbocycles. The first-order valence-corrected chi connectivity index (χ1v) is 23.1. The first kappa shape index (κ1) is 50.0. The van der Waals surface area contributed by atoms with Crippen LogP contribution in [0, 0.1) is 0 Å². The van der Waals surface area contributed by atoms with Crippen molar-refractivity contribution < 1.29 is 33.8 Å². The Kier molecular flexibility index (Phi) is 18.1. The minimum absolute atomic E-state index is 0.0380. The number of carbonyl (C=O) groups excluding carboxylic acids is 3. The molecule has 4 aromatic heterocycles. The summed E-state index contributed by atoms with van der Waals surface area (Å²) in [6.07, 6.45) is 3.17. The lowest BCUT2D eigenvalue weighted by atomic mass is 10.1. The molecule has 364 valence electrons. The molecule has 3 aromatic carbocycles. The van der Waals surface area contributed by atoms with Gasteiger partial charge in [0, 0.05) is 61.0 Å². The van der Waals surface area contributed by atoms with Gasteiger partial charge in [-0.25, -0.2) is 14.8 Å². The number of pyridine rings is 2. The highest BCUT2D eigenvalue weighted by atomic mass is 16.5. The van der Waals surface area contributed by atoms with Crippen LogP contribution in [0.5, 0.6) is 0 Å². The fraction of sp³-hybridized carbons (Fsp3) is 0.320. The molecule has 0 aliphatic carbocycles. The first-order valence-electron chi connectivity index (χ1n) is 23.1. The van der Waals surface area contributed by atoms with Crippen LogP contribution in [0.2, 0.25) is 0 Å². The summed E-state index contributed by atoms with van der Waals surface area (Å²) < 4.78 is 11.1. The van der Waals surface area contributed by atoms with E-state index in [0.717, 1.165) is 52.6 Å². The van der Waals surface area contributed by atoms with Crippen molar-refractivity contribution in [1.29, 1.82) is 0 Å². The smallest absolute Gasteiger partial charge is 0.326 e. The van der Waals surface area contributed by atoms with E-state index in [1.165, 1.54) is 18.3 Å². The Bertz CT molecular complexity index is 2870. The van der Waals surface area contributed by atoms with Gasteiger partial charge in [0.1, 0.15) is 6.04 Å². The molecule has 0 aliphatic rings. The minimum Gasteiger partial charge on any atom is -0.480 e. The van der Waals surface area contributed by atoms with Crippen LogP contribution in [0.15, 0.2) is 108 Å². The molecule has 0 spiro atoms. The highest BCUT2D eigenvalue weighted by Gasteiger charge is 2.22. The van der Waals surface area contributed by atoms with Crippen molar-refractivity contribution in [3.05, 3.63) is 136 Å². The zero-order chi connectivity index (χ0) is 49.1. The summed E-state index contributed by atoms with van der Waals surface area (Å²) in [4.78, 5) is 88.7. The molecule has 8 N–H and O–H groups in total. The van der Waals surface area contributed by atoms with Crippen molar-refractivity contribution in [2.45, 2.75) is 57.8 Å². The maximum Gasteiger partial charge on any atom is 0.326 e.